The van der Waals surface area contributed by atoms with Crippen molar-refractivity contribution in [2.24, 2.45) is 0 Å². The fourth-order valence-corrected chi connectivity index (χ4v) is 1180. The topological polar surface area (TPSA) is 0 Å². The van der Waals surface area contributed by atoms with Gasteiger partial charge in [-0.1, -0.05) is 0 Å². The van der Waals surface area contributed by atoms with Crippen LogP contribution in [0.2, 0.25) is 0 Å². The molecule has 0 atom stereocenters. The van der Waals surface area contributed by atoms with E-state index in [2.05, 4.69) is 0 Å². The SMILES string of the molecule is [SiH]12[SiH]3[SiH]4[SiH]1[SiH]1[SiH]2[SiH]3[SiH]41. The summed E-state index contributed by atoms with van der Waals surface area (Å²) in [6.45, 7) is 0. The van der Waals surface area contributed by atoms with Crippen molar-refractivity contribution in [3.05, 3.63) is 0 Å². The van der Waals surface area contributed by atoms with Crippen molar-refractivity contribution >= 4 is 58.8 Å². The van der Waals surface area contributed by atoms with E-state index in [1.165, 1.54) is 0 Å². The summed E-state index contributed by atoms with van der Waals surface area (Å²) in [4.78, 5) is 0. The smallest absolute Gasteiger partial charge is 0.00523 e. The summed E-state index contributed by atoms with van der Waals surface area (Å²) >= 11 is 0. The summed E-state index contributed by atoms with van der Waals surface area (Å²) in [6, 6.07) is 0. The predicted octanol–water partition coefficient (Wildman–Crippen LogP) is -5.19. The van der Waals surface area contributed by atoms with Crippen LogP contribution in [0.3, 0.4) is 0 Å². The molecule has 0 aromatic heterocycles. The van der Waals surface area contributed by atoms with Gasteiger partial charge in [-0.2, -0.15) is 0 Å². The van der Waals surface area contributed by atoms with Crippen LogP contribution in [0.15, 0.2) is 0 Å². The third kappa shape index (κ3) is 0.142. The Balaban J connectivity index is 2.00. The lowest BCUT2D eigenvalue weighted by atomic mass is 25.1. The lowest BCUT2D eigenvalue weighted by Crippen LogP contribution is -3.38. The molecule has 6 saturated heterocycles. The van der Waals surface area contributed by atoms with Gasteiger partial charge in [0, 0.05) is 0 Å². The number of hydrogen-bond donors (Lipinski definition) is 0. The van der Waals surface area contributed by atoms with Gasteiger partial charge in [-0.3, -0.25) is 0 Å². The highest BCUT2D eigenvalue weighted by Gasteiger charge is 3.00. The Hall–Kier alpha value is 1.74. The van der Waals surface area contributed by atoms with Crippen LogP contribution in [0, 0.1) is 0 Å². The molecule has 0 aromatic carbocycles. The van der Waals surface area contributed by atoms with Gasteiger partial charge in [0.05, 0.1) is 0 Å². The normalized spacial score (nSPS) is 108. The zero-order valence-corrected chi connectivity index (χ0v) is 13.9. The van der Waals surface area contributed by atoms with Crippen LogP contribution >= 0.6 is 0 Å². The van der Waals surface area contributed by atoms with E-state index in [-0.39, 0.29) is 0 Å². The van der Waals surface area contributed by atoms with Gasteiger partial charge in [0.15, 0.2) is 0 Å². The molecule has 0 spiro atoms. The average molecular weight is 233 g/mol. The summed E-state index contributed by atoms with van der Waals surface area (Å²) in [5.74, 6) is 0. The summed E-state index contributed by atoms with van der Waals surface area (Å²) in [6.07, 6.45) is 0. The fourth-order valence-electron chi connectivity index (χ4n) is 5.29. The zero-order valence-electron chi connectivity index (χ0n) is 4.62. The van der Waals surface area contributed by atoms with Crippen molar-refractivity contribution in [3.63, 3.8) is 0 Å². The molecule has 40 valence electrons. The Bertz CT molecular complexity index is 110. The van der Waals surface area contributed by atoms with E-state index in [1.54, 1.807) is 0 Å². The summed E-state index contributed by atoms with van der Waals surface area (Å²) < 4.78 is 0. The van der Waals surface area contributed by atoms with Gasteiger partial charge in [-0.15, -0.1) is 0 Å². The van der Waals surface area contributed by atoms with Crippen LogP contribution in [0.1, 0.15) is 0 Å². The van der Waals surface area contributed by atoms with Crippen LogP contribution in [-0.4, -0.2) is 58.8 Å². The van der Waals surface area contributed by atoms with Crippen molar-refractivity contribution in [2.75, 3.05) is 0 Å². The van der Waals surface area contributed by atoms with Gasteiger partial charge in [0.1, 0.15) is 0 Å². The van der Waals surface area contributed by atoms with E-state index in [9.17, 15) is 0 Å². The molecule has 0 aliphatic carbocycles. The second-order valence-electron chi connectivity index (χ2n) is 4.62. The molecule has 6 fully saturated rings. The molecule has 0 unspecified atom stereocenters. The van der Waals surface area contributed by atoms with E-state index in [0.717, 1.165) is 58.8 Å². The predicted molar refractivity (Wildman–Crippen MR) is 57.2 cm³/mol. The molecular weight excluding hydrogens is 225 g/mol. The lowest BCUT2D eigenvalue weighted by Gasteiger charge is -3.00. The third-order valence-electron chi connectivity index (χ3n) is 5.33. The Morgan fingerprint density at radius 1 is 0.250 bits per heavy atom. The molecule has 0 saturated carbocycles. The highest BCUT2D eigenvalue weighted by atomic mass is 31.1. The first-order valence-electron chi connectivity index (χ1n) is 4.00. The molecule has 0 nitrogen and oxygen atoms in total. The second-order valence-corrected chi connectivity index (χ2v) is 125. The van der Waals surface area contributed by atoms with E-state index in [0.29, 0.717) is 0 Å². The molecule has 0 aromatic rings. The largest absolute Gasteiger partial charge is 0.00523 e. The van der Waals surface area contributed by atoms with Gasteiger partial charge in [0.25, 0.3) is 0 Å². The highest BCUT2D eigenvalue weighted by Crippen LogP contribution is 2.62. The first-order chi connectivity index (χ1) is 4.00. The maximum absolute atomic E-state index is 0.778. The molecule has 0 radical (unpaired) electrons. The first kappa shape index (κ1) is 3.94. The van der Waals surface area contributed by atoms with Crippen LogP contribution in [0.5, 0.6) is 0 Å². The monoisotopic (exact) mass is 232 g/mol. The first-order valence-corrected chi connectivity index (χ1v) is 36.0. The molecule has 6 rings (SSSR count). The van der Waals surface area contributed by atoms with Gasteiger partial charge >= 0.3 is 0 Å². The minimum Gasteiger partial charge on any atom is -0.00523 e. The van der Waals surface area contributed by atoms with Crippen molar-refractivity contribution in [3.8, 4) is 0 Å². The van der Waals surface area contributed by atoms with Crippen molar-refractivity contribution in [1.29, 1.82) is 0 Å². The highest BCUT2D eigenvalue weighted by molar-refractivity contribution is 8.76. The quantitative estimate of drug-likeness (QED) is 0.367. The summed E-state index contributed by atoms with van der Waals surface area (Å²) in [7, 11) is 6.22. The third-order valence-corrected chi connectivity index (χ3v) is 432. The van der Waals surface area contributed by atoms with E-state index >= 15 is 0 Å². The minimum absolute atomic E-state index is 0.778. The number of rotatable bonds is 0. The summed E-state index contributed by atoms with van der Waals surface area (Å²) in [5, 5.41) is 0. The Morgan fingerprint density at radius 3 is 0.500 bits per heavy atom. The van der Waals surface area contributed by atoms with Gasteiger partial charge in [-0.25, -0.2) is 0 Å². The van der Waals surface area contributed by atoms with Crippen molar-refractivity contribution in [1.82, 2.24) is 0 Å². The van der Waals surface area contributed by atoms with E-state index < -0.39 is 0 Å². The maximum Gasteiger partial charge on any atom is -0.00523 e. The molecule has 6 heterocycles. The molecule has 8 heteroatoms. The number of hydrogen-bond acceptors (Lipinski definition) is 0. The molecule has 8 heavy (non-hydrogen) atoms. The second kappa shape index (κ2) is 0.789. The van der Waals surface area contributed by atoms with Crippen LogP contribution in [0.4, 0.5) is 0 Å². The summed E-state index contributed by atoms with van der Waals surface area (Å²) in [5.41, 5.74) is 0. The van der Waals surface area contributed by atoms with Crippen LogP contribution in [-0.2, 0) is 0 Å². The van der Waals surface area contributed by atoms with Crippen LogP contribution < -0.4 is 0 Å². The van der Waals surface area contributed by atoms with Crippen molar-refractivity contribution < 1.29 is 0 Å². The molecular formula is H8Si8. The standard InChI is InChI=1S/H8Si8/c1-2-5-3(1)7-4(1)6(2)8(5)7/h1-8H. The average Bonchev–Trinajstić information content (AvgIpc) is 1.90. The Kier molecular flexibility index (Phi) is 0.388. The van der Waals surface area contributed by atoms with E-state index in [1.807, 2.05) is 0 Å². The van der Waals surface area contributed by atoms with E-state index in [4.69, 9.17) is 0 Å². The molecule has 6 aliphatic heterocycles. The lowest BCUT2D eigenvalue weighted by molar-refractivity contribution is 2.76. The Labute approximate surface area is 58.6 Å². The molecule has 0 bridgehead atoms. The van der Waals surface area contributed by atoms with Gasteiger partial charge in [-0.05, 0) is 58.8 Å². The molecule has 0 N–H and O–H groups in total. The fraction of sp³-hybridized carbons (Fsp3) is 0. The maximum atomic E-state index is 0.778. The van der Waals surface area contributed by atoms with Gasteiger partial charge in [0.2, 0.25) is 0 Å². The zero-order chi connectivity index (χ0) is 4.62. The van der Waals surface area contributed by atoms with Gasteiger partial charge < -0.3 is 0 Å². The van der Waals surface area contributed by atoms with Crippen LogP contribution in [0.25, 0.3) is 0 Å². The van der Waals surface area contributed by atoms with Crippen molar-refractivity contribution in [2.45, 2.75) is 0 Å². The molecule has 6 aliphatic rings. The Morgan fingerprint density at radius 2 is 0.375 bits per heavy atom. The molecule has 0 amide bonds. The minimum atomic E-state index is 0.778.